The van der Waals surface area contributed by atoms with Crippen LogP contribution in [0.5, 0.6) is 0 Å². The average Bonchev–Trinajstić information content (AvgIpc) is 2.39. The summed E-state index contributed by atoms with van der Waals surface area (Å²) in [6, 6.07) is 9.63. The van der Waals surface area contributed by atoms with E-state index in [1.54, 1.807) is 12.4 Å². The predicted molar refractivity (Wildman–Crippen MR) is 84.5 cm³/mol. The molecule has 0 fully saturated rings. The summed E-state index contributed by atoms with van der Waals surface area (Å²) in [6.07, 6.45) is 4.39. The van der Waals surface area contributed by atoms with Crippen molar-refractivity contribution in [1.29, 1.82) is 0 Å². The highest BCUT2D eigenvalue weighted by Gasteiger charge is 2.12. The summed E-state index contributed by atoms with van der Waals surface area (Å²) in [5.74, 6) is 0.414. The first-order valence-corrected chi connectivity index (χ1v) is 7.30. The number of rotatable bonds is 5. The van der Waals surface area contributed by atoms with E-state index in [9.17, 15) is 4.79 Å². The van der Waals surface area contributed by atoms with Gasteiger partial charge in [-0.3, -0.25) is 9.78 Å². The Bertz CT molecular complexity index is 596. The van der Waals surface area contributed by atoms with Gasteiger partial charge in [0, 0.05) is 35.4 Å². The number of hydrogen-bond acceptors (Lipinski definition) is 3. The lowest BCUT2D eigenvalue weighted by Gasteiger charge is -2.11. The topological polar surface area (TPSA) is 56.0 Å². The van der Waals surface area contributed by atoms with Crippen LogP contribution in [0, 0.1) is 0 Å². The lowest BCUT2D eigenvalue weighted by molar-refractivity contribution is -0.118. The SMILES string of the molecule is CC(CC(=O)Cc1cncc(Br)c1)c1ccc(N)cc1. The minimum atomic E-state index is 0.197. The van der Waals surface area contributed by atoms with E-state index in [1.807, 2.05) is 30.3 Å². The molecule has 3 nitrogen and oxygen atoms in total. The molecule has 1 heterocycles. The number of nitrogens with two attached hydrogens (primary N) is 1. The zero-order valence-corrected chi connectivity index (χ0v) is 12.9. The van der Waals surface area contributed by atoms with Gasteiger partial charge < -0.3 is 5.73 Å². The van der Waals surface area contributed by atoms with E-state index in [0.717, 1.165) is 21.3 Å². The largest absolute Gasteiger partial charge is 0.399 e. The van der Waals surface area contributed by atoms with Gasteiger partial charge in [0.1, 0.15) is 5.78 Å². The standard InChI is InChI=1S/C16H17BrN2O/c1-11(13-2-4-15(18)5-3-13)6-16(20)8-12-7-14(17)10-19-9-12/h2-5,7,9-11H,6,8,18H2,1H3. The number of pyridine rings is 1. The van der Waals surface area contributed by atoms with Crippen molar-refractivity contribution in [2.75, 3.05) is 5.73 Å². The van der Waals surface area contributed by atoms with E-state index in [2.05, 4.69) is 27.8 Å². The van der Waals surface area contributed by atoms with Crippen molar-refractivity contribution in [3.63, 3.8) is 0 Å². The number of Topliss-reactive ketones (excluding diaryl/α,β-unsaturated/α-hetero) is 1. The molecule has 1 atom stereocenters. The predicted octanol–water partition coefficient (Wildman–Crippen LogP) is 3.73. The highest BCUT2D eigenvalue weighted by molar-refractivity contribution is 9.10. The fraction of sp³-hybridized carbons (Fsp3) is 0.250. The number of hydrogen-bond donors (Lipinski definition) is 1. The van der Waals surface area contributed by atoms with Gasteiger partial charge in [-0.2, -0.15) is 0 Å². The number of halogens is 1. The smallest absolute Gasteiger partial charge is 0.137 e. The summed E-state index contributed by atoms with van der Waals surface area (Å²) < 4.78 is 0.898. The van der Waals surface area contributed by atoms with Gasteiger partial charge in [-0.25, -0.2) is 0 Å². The molecule has 2 N–H and O–H groups in total. The molecule has 0 aliphatic carbocycles. The Balaban J connectivity index is 1.95. The molecule has 0 radical (unpaired) electrons. The van der Waals surface area contributed by atoms with Crippen LogP contribution in [0.2, 0.25) is 0 Å². The van der Waals surface area contributed by atoms with Gasteiger partial charge in [-0.05, 0) is 51.2 Å². The fourth-order valence-electron chi connectivity index (χ4n) is 2.14. The molecule has 4 heteroatoms. The first kappa shape index (κ1) is 14.7. The third-order valence-corrected chi connectivity index (χ3v) is 3.64. The van der Waals surface area contributed by atoms with Crippen molar-refractivity contribution in [3.05, 3.63) is 58.3 Å². The van der Waals surface area contributed by atoms with Crippen molar-refractivity contribution >= 4 is 27.4 Å². The first-order chi connectivity index (χ1) is 9.54. The highest BCUT2D eigenvalue weighted by atomic mass is 79.9. The normalized spacial score (nSPS) is 12.1. The molecule has 0 saturated heterocycles. The monoisotopic (exact) mass is 332 g/mol. The van der Waals surface area contributed by atoms with Crippen molar-refractivity contribution in [2.45, 2.75) is 25.7 Å². The number of ketones is 1. The number of nitrogens with zero attached hydrogens (tertiary/aromatic N) is 1. The molecule has 0 bridgehead atoms. The molecule has 104 valence electrons. The zero-order chi connectivity index (χ0) is 14.5. The number of carbonyl (C=O) groups is 1. The fourth-order valence-corrected chi connectivity index (χ4v) is 2.55. The highest BCUT2D eigenvalue weighted by Crippen LogP contribution is 2.21. The lowest BCUT2D eigenvalue weighted by Crippen LogP contribution is -2.08. The van der Waals surface area contributed by atoms with Crippen molar-refractivity contribution in [1.82, 2.24) is 4.98 Å². The maximum absolute atomic E-state index is 12.1. The van der Waals surface area contributed by atoms with Crippen molar-refractivity contribution in [3.8, 4) is 0 Å². The van der Waals surface area contributed by atoms with Crippen LogP contribution >= 0.6 is 15.9 Å². The van der Waals surface area contributed by atoms with Crippen LogP contribution in [-0.2, 0) is 11.2 Å². The Kier molecular flexibility index (Phi) is 4.90. The average molecular weight is 333 g/mol. The van der Waals surface area contributed by atoms with E-state index in [1.165, 1.54) is 0 Å². The second-order valence-corrected chi connectivity index (χ2v) is 5.91. The summed E-state index contributed by atoms with van der Waals surface area (Å²) in [6.45, 7) is 2.06. The van der Waals surface area contributed by atoms with E-state index in [4.69, 9.17) is 5.73 Å². The molecule has 0 saturated carbocycles. The summed E-state index contributed by atoms with van der Waals surface area (Å²) in [5.41, 5.74) is 8.49. The number of nitrogen functional groups attached to an aromatic ring is 1. The molecule has 0 aliphatic rings. The van der Waals surface area contributed by atoms with Crippen LogP contribution < -0.4 is 5.73 Å². The minimum Gasteiger partial charge on any atom is -0.399 e. The molecule has 1 unspecified atom stereocenters. The van der Waals surface area contributed by atoms with Gasteiger partial charge in [0.25, 0.3) is 0 Å². The van der Waals surface area contributed by atoms with Gasteiger partial charge in [-0.1, -0.05) is 19.1 Å². The first-order valence-electron chi connectivity index (χ1n) is 6.51. The summed E-state index contributed by atoms with van der Waals surface area (Å²) in [5, 5.41) is 0. The summed E-state index contributed by atoms with van der Waals surface area (Å²) >= 11 is 3.36. The molecule has 1 aromatic heterocycles. The van der Waals surface area contributed by atoms with E-state index in [0.29, 0.717) is 12.8 Å². The second kappa shape index (κ2) is 6.66. The molecule has 0 spiro atoms. The van der Waals surface area contributed by atoms with Crippen LogP contribution in [0.4, 0.5) is 5.69 Å². The third kappa shape index (κ3) is 4.17. The zero-order valence-electron chi connectivity index (χ0n) is 11.3. The van der Waals surface area contributed by atoms with E-state index >= 15 is 0 Å². The molecule has 2 rings (SSSR count). The van der Waals surface area contributed by atoms with Crippen LogP contribution in [-0.4, -0.2) is 10.8 Å². The number of anilines is 1. The van der Waals surface area contributed by atoms with Gasteiger partial charge >= 0.3 is 0 Å². The Morgan fingerprint density at radius 2 is 2.00 bits per heavy atom. The Hall–Kier alpha value is -1.68. The van der Waals surface area contributed by atoms with Gasteiger partial charge in [0.15, 0.2) is 0 Å². The van der Waals surface area contributed by atoms with Gasteiger partial charge in [0.05, 0.1) is 0 Å². The van der Waals surface area contributed by atoms with Crippen LogP contribution in [0.15, 0.2) is 47.2 Å². The Morgan fingerprint density at radius 3 is 2.65 bits per heavy atom. The lowest BCUT2D eigenvalue weighted by atomic mass is 9.93. The van der Waals surface area contributed by atoms with Gasteiger partial charge in [-0.15, -0.1) is 0 Å². The third-order valence-electron chi connectivity index (χ3n) is 3.20. The molecule has 2 aromatic rings. The molecule has 20 heavy (non-hydrogen) atoms. The van der Waals surface area contributed by atoms with Gasteiger partial charge in [0.2, 0.25) is 0 Å². The molecular weight excluding hydrogens is 316 g/mol. The quantitative estimate of drug-likeness (QED) is 0.848. The maximum atomic E-state index is 12.1. The minimum absolute atomic E-state index is 0.197. The van der Waals surface area contributed by atoms with E-state index < -0.39 is 0 Å². The number of aromatic nitrogens is 1. The summed E-state index contributed by atoms with van der Waals surface area (Å²) in [7, 11) is 0. The summed E-state index contributed by atoms with van der Waals surface area (Å²) in [4.78, 5) is 16.2. The number of benzene rings is 1. The molecular formula is C16H17BrN2O. The molecule has 1 aromatic carbocycles. The van der Waals surface area contributed by atoms with Crippen LogP contribution in [0.1, 0.15) is 30.4 Å². The Labute approximate surface area is 127 Å². The second-order valence-electron chi connectivity index (χ2n) is 5.00. The maximum Gasteiger partial charge on any atom is 0.137 e. The molecule has 0 amide bonds. The van der Waals surface area contributed by atoms with Crippen molar-refractivity contribution < 1.29 is 4.79 Å². The molecule has 0 aliphatic heterocycles. The Morgan fingerprint density at radius 1 is 1.30 bits per heavy atom. The van der Waals surface area contributed by atoms with Crippen LogP contribution in [0.3, 0.4) is 0 Å². The van der Waals surface area contributed by atoms with E-state index in [-0.39, 0.29) is 11.7 Å². The van der Waals surface area contributed by atoms with Crippen LogP contribution in [0.25, 0.3) is 0 Å². The number of carbonyl (C=O) groups excluding carboxylic acids is 1. The van der Waals surface area contributed by atoms with Crippen molar-refractivity contribution in [2.24, 2.45) is 0 Å².